The Hall–Kier alpha value is -0.540. The molecule has 0 spiro atoms. The molecule has 2 rings (SSSR count). The van der Waals surface area contributed by atoms with Crippen LogP contribution in [0.2, 0.25) is 5.02 Å². The second-order valence-corrected chi connectivity index (χ2v) is 6.47. The van der Waals surface area contributed by atoms with Gasteiger partial charge in [0.05, 0.1) is 5.02 Å². The normalized spacial score (nSPS) is 18.4. The first kappa shape index (κ1) is 13.9. The van der Waals surface area contributed by atoms with Crippen molar-refractivity contribution >= 4 is 39.1 Å². The summed E-state index contributed by atoms with van der Waals surface area (Å²) >= 11 is 9.30. The Kier molecular flexibility index (Phi) is 4.33. The van der Waals surface area contributed by atoms with Crippen molar-refractivity contribution in [2.24, 2.45) is 5.41 Å². The first-order chi connectivity index (χ1) is 8.51. The van der Waals surface area contributed by atoms with Crippen LogP contribution in [0.25, 0.3) is 0 Å². The molecule has 1 aliphatic rings. The molecule has 0 radical (unpaired) electrons. The molecular formula is C14H17BrClNO. The summed E-state index contributed by atoms with van der Waals surface area (Å²) in [5.74, 6) is 0.122. The van der Waals surface area contributed by atoms with E-state index in [0.29, 0.717) is 5.02 Å². The van der Waals surface area contributed by atoms with Gasteiger partial charge in [-0.2, -0.15) is 0 Å². The summed E-state index contributed by atoms with van der Waals surface area (Å²) in [6, 6.07) is 5.45. The maximum absolute atomic E-state index is 12.3. The van der Waals surface area contributed by atoms with Gasteiger partial charge in [0, 0.05) is 15.6 Å². The van der Waals surface area contributed by atoms with E-state index in [9.17, 15) is 4.79 Å². The Morgan fingerprint density at radius 3 is 2.61 bits per heavy atom. The second kappa shape index (κ2) is 5.62. The van der Waals surface area contributed by atoms with E-state index in [2.05, 4.69) is 28.2 Å². The molecule has 0 saturated heterocycles. The lowest BCUT2D eigenvalue weighted by molar-refractivity contribution is -0.126. The highest BCUT2D eigenvalue weighted by molar-refractivity contribution is 9.10. The number of anilines is 1. The molecule has 0 unspecified atom stereocenters. The lowest BCUT2D eigenvalue weighted by atomic mass is 9.75. The Morgan fingerprint density at radius 2 is 2.00 bits per heavy atom. The predicted octanol–water partition coefficient (Wildman–Crippen LogP) is 5.01. The van der Waals surface area contributed by atoms with Gasteiger partial charge in [0.15, 0.2) is 0 Å². The van der Waals surface area contributed by atoms with Gasteiger partial charge in [0.2, 0.25) is 5.91 Å². The van der Waals surface area contributed by atoms with E-state index in [1.807, 2.05) is 12.1 Å². The minimum absolute atomic E-state index is 0.122. The minimum Gasteiger partial charge on any atom is -0.326 e. The van der Waals surface area contributed by atoms with Gasteiger partial charge in [0.1, 0.15) is 0 Å². The minimum atomic E-state index is -0.218. The van der Waals surface area contributed by atoms with Crippen molar-refractivity contribution in [1.29, 1.82) is 0 Å². The average Bonchev–Trinajstić information content (AvgIpc) is 2.35. The second-order valence-electron chi connectivity index (χ2n) is 5.20. The highest BCUT2D eigenvalue weighted by Crippen LogP contribution is 2.37. The van der Waals surface area contributed by atoms with Gasteiger partial charge in [-0.25, -0.2) is 0 Å². The Labute approximate surface area is 121 Å². The van der Waals surface area contributed by atoms with Gasteiger partial charge >= 0.3 is 0 Å². The number of halogens is 2. The molecule has 0 aliphatic heterocycles. The smallest absolute Gasteiger partial charge is 0.230 e. The lowest BCUT2D eigenvalue weighted by Gasteiger charge is -2.32. The Bertz CT molecular complexity index is 455. The zero-order valence-corrected chi connectivity index (χ0v) is 12.8. The first-order valence-corrected chi connectivity index (χ1v) is 7.45. The third-order valence-electron chi connectivity index (χ3n) is 3.68. The molecule has 0 bridgehead atoms. The van der Waals surface area contributed by atoms with Crippen LogP contribution in [0.4, 0.5) is 5.69 Å². The maximum atomic E-state index is 12.3. The van der Waals surface area contributed by atoms with Gasteiger partial charge in [0.25, 0.3) is 0 Å². The highest BCUT2D eigenvalue weighted by Gasteiger charge is 2.34. The summed E-state index contributed by atoms with van der Waals surface area (Å²) in [6.07, 6.45) is 5.50. The van der Waals surface area contributed by atoms with Crippen LogP contribution in [0.1, 0.15) is 39.0 Å². The highest BCUT2D eigenvalue weighted by atomic mass is 79.9. The number of carbonyl (C=O) groups is 1. The summed E-state index contributed by atoms with van der Waals surface area (Å²) in [5.41, 5.74) is 0.577. The van der Waals surface area contributed by atoms with Crippen LogP contribution >= 0.6 is 27.5 Å². The van der Waals surface area contributed by atoms with Gasteiger partial charge < -0.3 is 5.32 Å². The van der Waals surface area contributed by atoms with E-state index in [1.165, 1.54) is 6.42 Å². The van der Waals surface area contributed by atoms with Crippen molar-refractivity contribution in [3.63, 3.8) is 0 Å². The molecule has 0 aromatic heterocycles. The molecule has 1 aromatic carbocycles. The van der Waals surface area contributed by atoms with Gasteiger partial charge in [-0.15, -0.1) is 0 Å². The zero-order valence-electron chi connectivity index (χ0n) is 10.4. The molecule has 4 heteroatoms. The number of nitrogens with one attached hydrogen (secondary N) is 1. The molecule has 0 heterocycles. The SMILES string of the molecule is CC1(C(=O)Nc2ccc(Cl)c(Br)c2)CCCCC1. The molecule has 1 fully saturated rings. The number of hydrogen-bond donors (Lipinski definition) is 1. The van der Waals surface area contributed by atoms with E-state index in [0.717, 1.165) is 35.8 Å². The first-order valence-electron chi connectivity index (χ1n) is 6.28. The number of benzene rings is 1. The molecule has 1 aromatic rings. The van der Waals surface area contributed by atoms with Crippen molar-refractivity contribution < 1.29 is 4.79 Å². The van der Waals surface area contributed by atoms with Crippen molar-refractivity contribution in [3.8, 4) is 0 Å². The van der Waals surface area contributed by atoms with Crippen molar-refractivity contribution in [3.05, 3.63) is 27.7 Å². The van der Waals surface area contributed by atoms with Crippen LogP contribution in [-0.4, -0.2) is 5.91 Å². The van der Waals surface area contributed by atoms with Crippen molar-refractivity contribution in [2.75, 3.05) is 5.32 Å². The Morgan fingerprint density at radius 1 is 1.33 bits per heavy atom. The number of carbonyl (C=O) groups excluding carboxylic acids is 1. The van der Waals surface area contributed by atoms with Gasteiger partial charge in [-0.3, -0.25) is 4.79 Å². The summed E-state index contributed by atoms with van der Waals surface area (Å²) in [7, 11) is 0. The molecule has 18 heavy (non-hydrogen) atoms. The van der Waals surface area contributed by atoms with E-state index in [-0.39, 0.29) is 11.3 Å². The van der Waals surface area contributed by atoms with Crippen molar-refractivity contribution in [1.82, 2.24) is 0 Å². The third-order valence-corrected chi connectivity index (χ3v) is 4.90. The monoisotopic (exact) mass is 329 g/mol. The third kappa shape index (κ3) is 3.07. The summed E-state index contributed by atoms with van der Waals surface area (Å²) in [4.78, 5) is 12.3. The molecule has 1 aliphatic carbocycles. The van der Waals surface area contributed by atoms with Crippen molar-refractivity contribution in [2.45, 2.75) is 39.0 Å². The fraction of sp³-hybridized carbons (Fsp3) is 0.500. The number of hydrogen-bond acceptors (Lipinski definition) is 1. The molecule has 0 atom stereocenters. The maximum Gasteiger partial charge on any atom is 0.230 e. The van der Waals surface area contributed by atoms with Gasteiger partial charge in [-0.05, 0) is 47.0 Å². The van der Waals surface area contributed by atoms with E-state index >= 15 is 0 Å². The van der Waals surface area contributed by atoms with Crippen LogP contribution in [0.5, 0.6) is 0 Å². The quantitative estimate of drug-likeness (QED) is 0.811. The van der Waals surface area contributed by atoms with Crippen LogP contribution in [-0.2, 0) is 4.79 Å². The summed E-state index contributed by atoms with van der Waals surface area (Å²) in [5, 5.41) is 3.64. The van der Waals surface area contributed by atoms with E-state index in [4.69, 9.17) is 11.6 Å². The average molecular weight is 331 g/mol. The van der Waals surface area contributed by atoms with E-state index < -0.39 is 0 Å². The fourth-order valence-electron chi connectivity index (χ4n) is 2.42. The number of amides is 1. The molecular weight excluding hydrogens is 314 g/mol. The number of rotatable bonds is 2. The standard InChI is InChI=1S/C14H17BrClNO/c1-14(7-3-2-4-8-14)13(18)17-10-5-6-12(16)11(15)9-10/h5-6,9H,2-4,7-8H2,1H3,(H,17,18). The largest absolute Gasteiger partial charge is 0.326 e. The topological polar surface area (TPSA) is 29.1 Å². The molecule has 2 nitrogen and oxygen atoms in total. The van der Waals surface area contributed by atoms with Crippen LogP contribution in [0.15, 0.2) is 22.7 Å². The summed E-state index contributed by atoms with van der Waals surface area (Å²) < 4.78 is 0.802. The van der Waals surface area contributed by atoms with Crippen LogP contribution < -0.4 is 5.32 Å². The molecule has 1 saturated carbocycles. The molecule has 98 valence electrons. The predicted molar refractivity (Wildman–Crippen MR) is 79.0 cm³/mol. The molecule has 1 amide bonds. The zero-order chi connectivity index (χ0) is 13.2. The molecule has 1 N–H and O–H groups in total. The fourth-order valence-corrected chi connectivity index (χ4v) is 2.91. The Balaban J connectivity index is 2.08. The lowest BCUT2D eigenvalue weighted by Crippen LogP contribution is -2.35. The van der Waals surface area contributed by atoms with Crippen LogP contribution in [0.3, 0.4) is 0 Å². The van der Waals surface area contributed by atoms with Gasteiger partial charge in [-0.1, -0.05) is 37.8 Å². The summed E-state index contributed by atoms with van der Waals surface area (Å²) in [6.45, 7) is 2.06. The van der Waals surface area contributed by atoms with Crippen LogP contribution in [0, 0.1) is 5.41 Å². The van der Waals surface area contributed by atoms with E-state index in [1.54, 1.807) is 6.07 Å².